The molecule has 3 nitrogen and oxygen atoms in total. The normalized spacial score (nSPS) is 37.7. The van der Waals surface area contributed by atoms with Gasteiger partial charge in [0.25, 0.3) is 11.8 Å². The number of rotatable bonds is 2. The van der Waals surface area contributed by atoms with Crippen molar-refractivity contribution < 1.29 is 9.59 Å². The molecular weight excluding hydrogens is 298 g/mol. The summed E-state index contributed by atoms with van der Waals surface area (Å²) in [5, 5.41) is 0. The van der Waals surface area contributed by atoms with E-state index < -0.39 is 0 Å². The smallest absolute Gasteiger partial charge is 0.262 e. The maximum absolute atomic E-state index is 13.3. The van der Waals surface area contributed by atoms with Crippen molar-refractivity contribution in [2.24, 2.45) is 17.8 Å². The topological polar surface area (TPSA) is 37.4 Å². The minimum Gasteiger partial charge on any atom is -0.269 e. The van der Waals surface area contributed by atoms with Gasteiger partial charge in [0.15, 0.2) is 0 Å². The molecule has 0 saturated heterocycles. The number of amides is 2. The molecule has 0 unspecified atom stereocenters. The van der Waals surface area contributed by atoms with Gasteiger partial charge in [-0.2, -0.15) is 0 Å². The predicted octanol–water partition coefficient (Wildman–Crippen LogP) is 3.80. The van der Waals surface area contributed by atoms with Gasteiger partial charge in [0, 0.05) is 5.57 Å². The van der Waals surface area contributed by atoms with Crippen molar-refractivity contribution in [3.05, 3.63) is 41.5 Å². The molecular formula is C21H23NO2. The summed E-state index contributed by atoms with van der Waals surface area (Å²) in [5.41, 5.74) is 1.93. The minimum atomic E-state index is -0.194. The van der Waals surface area contributed by atoms with Crippen LogP contribution in [0.5, 0.6) is 0 Å². The van der Waals surface area contributed by atoms with Gasteiger partial charge in [-0.15, -0.1) is 0 Å². The van der Waals surface area contributed by atoms with Crippen LogP contribution in [0.25, 0.3) is 5.57 Å². The summed E-state index contributed by atoms with van der Waals surface area (Å²) < 4.78 is 0. The molecule has 1 aliphatic heterocycles. The highest BCUT2D eigenvalue weighted by molar-refractivity contribution is 6.36. The van der Waals surface area contributed by atoms with Crippen LogP contribution in [-0.4, -0.2) is 22.3 Å². The summed E-state index contributed by atoms with van der Waals surface area (Å²) in [6.07, 6.45) is 7.04. The van der Waals surface area contributed by atoms with Gasteiger partial charge in [-0.3, -0.25) is 14.5 Å². The highest BCUT2D eigenvalue weighted by atomic mass is 16.2. The van der Waals surface area contributed by atoms with Crippen molar-refractivity contribution in [2.75, 3.05) is 0 Å². The van der Waals surface area contributed by atoms with Crippen LogP contribution in [0, 0.1) is 17.8 Å². The molecule has 4 bridgehead atoms. The van der Waals surface area contributed by atoms with Crippen molar-refractivity contribution in [1.29, 1.82) is 0 Å². The average Bonchev–Trinajstić information content (AvgIpc) is 2.77. The van der Waals surface area contributed by atoms with Gasteiger partial charge in [-0.25, -0.2) is 0 Å². The van der Waals surface area contributed by atoms with Gasteiger partial charge in [-0.05, 0) is 68.8 Å². The van der Waals surface area contributed by atoms with E-state index in [-0.39, 0.29) is 17.4 Å². The molecule has 4 fully saturated rings. The third kappa shape index (κ3) is 1.84. The van der Waals surface area contributed by atoms with E-state index in [0.717, 1.165) is 42.6 Å². The van der Waals surface area contributed by atoms with E-state index in [0.29, 0.717) is 11.1 Å². The Balaban J connectivity index is 1.55. The third-order valence-electron chi connectivity index (χ3n) is 6.86. The van der Waals surface area contributed by atoms with Crippen LogP contribution in [0.4, 0.5) is 0 Å². The summed E-state index contributed by atoms with van der Waals surface area (Å²) in [6.45, 7) is 1.82. The van der Waals surface area contributed by atoms with Gasteiger partial charge in [0.05, 0.1) is 11.1 Å². The van der Waals surface area contributed by atoms with Gasteiger partial charge in [0.2, 0.25) is 0 Å². The first-order valence-electron chi connectivity index (χ1n) is 9.22. The third-order valence-corrected chi connectivity index (χ3v) is 6.86. The van der Waals surface area contributed by atoms with Crippen molar-refractivity contribution in [3.63, 3.8) is 0 Å². The standard InChI is InChI=1S/C21H23NO2/c1-13-18(17-5-3-2-4-6-17)20(24)22(19(13)23)21-10-14-7-15(11-21)9-16(8-14)12-21/h2-6,14-16H,7-12H2,1H3. The van der Waals surface area contributed by atoms with Crippen molar-refractivity contribution in [2.45, 2.75) is 51.0 Å². The van der Waals surface area contributed by atoms with E-state index >= 15 is 0 Å². The maximum Gasteiger partial charge on any atom is 0.262 e. The second-order valence-electron chi connectivity index (χ2n) is 8.45. The van der Waals surface area contributed by atoms with Gasteiger partial charge in [0.1, 0.15) is 0 Å². The lowest BCUT2D eigenvalue weighted by atomic mass is 9.52. The number of nitrogens with zero attached hydrogens (tertiary/aromatic N) is 1. The number of hydrogen-bond donors (Lipinski definition) is 0. The molecule has 1 aromatic carbocycles. The fourth-order valence-electron chi connectivity index (χ4n) is 6.35. The zero-order valence-electron chi connectivity index (χ0n) is 14.1. The summed E-state index contributed by atoms with van der Waals surface area (Å²) in [6, 6.07) is 9.68. The van der Waals surface area contributed by atoms with Crippen molar-refractivity contribution in [1.82, 2.24) is 4.90 Å². The molecule has 3 heteroatoms. The van der Waals surface area contributed by atoms with Gasteiger partial charge in [-0.1, -0.05) is 30.3 Å². The minimum absolute atomic E-state index is 0.0409. The molecule has 5 aliphatic rings. The van der Waals surface area contributed by atoms with Crippen molar-refractivity contribution in [3.8, 4) is 0 Å². The second kappa shape index (κ2) is 4.81. The van der Waals surface area contributed by atoms with Crippen LogP contribution in [0.15, 0.2) is 35.9 Å². The van der Waals surface area contributed by atoms with Crippen LogP contribution >= 0.6 is 0 Å². The molecule has 4 aliphatic carbocycles. The van der Waals surface area contributed by atoms with Crippen molar-refractivity contribution >= 4 is 17.4 Å². The predicted molar refractivity (Wildman–Crippen MR) is 91.8 cm³/mol. The fourth-order valence-corrected chi connectivity index (χ4v) is 6.35. The Hall–Kier alpha value is -1.90. The Kier molecular flexibility index (Phi) is 2.89. The lowest BCUT2D eigenvalue weighted by Gasteiger charge is -2.59. The fraction of sp³-hybridized carbons (Fsp3) is 0.524. The van der Waals surface area contributed by atoms with E-state index in [1.165, 1.54) is 19.3 Å². The molecule has 0 spiro atoms. The SMILES string of the molecule is CC1=C(c2ccccc2)C(=O)N(C23CC4CC(CC(C4)C2)C3)C1=O. The van der Waals surface area contributed by atoms with Gasteiger partial charge >= 0.3 is 0 Å². The molecule has 2 amide bonds. The Bertz CT molecular complexity index is 726. The molecule has 124 valence electrons. The molecule has 6 rings (SSSR count). The first-order chi connectivity index (χ1) is 11.6. The summed E-state index contributed by atoms with van der Waals surface area (Å²) in [7, 11) is 0. The highest BCUT2D eigenvalue weighted by Crippen LogP contribution is 2.59. The lowest BCUT2D eigenvalue weighted by molar-refractivity contribution is -0.156. The van der Waals surface area contributed by atoms with Gasteiger partial charge < -0.3 is 0 Å². The summed E-state index contributed by atoms with van der Waals surface area (Å²) >= 11 is 0. The number of hydrogen-bond acceptors (Lipinski definition) is 2. The molecule has 0 radical (unpaired) electrons. The Morgan fingerprint density at radius 1 is 0.875 bits per heavy atom. The zero-order chi connectivity index (χ0) is 16.5. The van der Waals surface area contributed by atoms with Crippen LogP contribution in [0.1, 0.15) is 51.0 Å². The quantitative estimate of drug-likeness (QED) is 0.777. The van der Waals surface area contributed by atoms with Crippen LogP contribution in [0.2, 0.25) is 0 Å². The Morgan fingerprint density at radius 3 is 1.96 bits per heavy atom. The monoisotopic (exact) mass is 321 g/mol. The Labute approximate surface area is 142 Å². The summed E-state index contributed by atoms with van der Waals surface area (Å²) in [5.74, 6) is 2.07. The summed E-state index contributed by atoms with van der Waals surface area (Å²) in [4.78, 5) is 28.0. The van der Waals surface area contributed by atoms with E-state index in [1.54, 1.807) is 4.90 Å². The molecule has 1 heterocycles. The molecule has 1 aromatic rings. The van der Waals surface area contributed by atoms with Crippen LogP contribution < -0.4 is 0 Å². The van der Waals surface area contributed by atoms with Crippen LogP contribution in [0.3, 0.4) is 0 Å². The molecule has 0 N–H and O–H groups in total. The van der Waals surface area contributed by atoms with E-state index in [9.17, 15) is 9.59 Å². The first kappa shape index (κ1) is 14.4. The van der Waals surface area contributed by atoms with E-state index in [4.69, 9.17) is 0 Å². The van der Waals surface area contributed by atoms with Crippen LogP contribution in [-0.2, 0) is 9.59 Å². The van der Waals surface area contributed by atoms with E-state index in [1.807, 2.05) is 37.3 Å². The molecule has 24 heavy (non-hydrogen) atoms. The number of benzene rings is 1. The average molecular weight is 321 g/mol. The molecule has 0 aromatic heterocycles. The lowest BCUT2D eigenvalue weighted by Crippen LogP contribution is -2.61. The number of carbonyl (C=O) groups excluding carboxylic acids is 2. The number of carbonyl (C=O) groups is 2. The highest BCUT2D eigenvalue weighted by Gasteiger charge is 2.58. The number of imide groups is 1. The molecule has 0 atom stereocenters. The Morgan fingerprint density at radius 2 is 1.42 bits per heavy atom. The largest absolute Gasteiger partial charge is 0.269 e. The molecule has 4 saturated carbocycles. The first-order valence-corrected chi connectivity index (χ1v) is 9.22. The second-order valence-corrected chi connectivity index (χ2v) is 8.45. The van der Waals surface area contributed by atoms with E-state index in [2.05, 4.69) is 0 Å². The maximum atomic E-state index is 13.3. The zero-order valence-corrected chi connectivity index (χ0v) is 14.1.